The highest BCUT2D eigenvalue weighted by Crippen LogP contribution is 2.33. The summed E-state index contributed by atoms with van der Waals surface area (Å²) >= 11 is 1.62. The Balaban J connectivity index is 1.33. The molecule has 1 fully saturated rings. The van der Waals surface area contributed by atoms with Crippen LogP contribution >= 0.6 is 11.3 Å². The molecule has 1 amide bonds. The number of thiophene rings is 1. The molecule has 1 saturated heterocycles. The van der Waals surface area contributed by atoms with Crippen molar-refractivity contribution in [3.05, 3.63) is 50.9 Å². The Morgan fingerprint density at radius 1 is 1.20 bits per heavy atom. The van der Waals surface area contributed by atoms with Crippen LogP contribution in [0.25, 0.3) is 10.2 Å². The van der Waals surface area contributed by atoms with Crippen molar-refractivity contribution in [3.63, 3.8) is 0 Å². The van der Waals surface area contributed by atoms with E-state index in [2.05, 4.69) is 10.1 Å². The predicted octanol–water partition coefficient (Wildman–Crippen LogP) is 2.86. The highest BCUT2D eigenvalue weighted by atomic mass is 32.1. The lowest BCUT2D eigenvalue weighted by atomic mass is 9.97. The van der Waals surface area contributed by atoms with Gasteiger partial charge in [0.05, 0.1) is 31.4 Å². The van der Waals surface area contributed by atoms with Gasteiger partial charge in [0.25, 0.3) is 11.5 Å². The Kier molecular flexibility index (Phi) is 7.10. The maximum absolute atomic E-state index is 13.1. The molecule has 0 unspecified atom stereocenters. The highest BCUT2D eigenvalue weighted by Gasteiger charge is 2.20. The standard InChI is InChI=1S/C25H28N4O5S/c1-2-33-20-13-17(7-8-19(20)34-15-22(30)28-9-11-32-12-10-28)14-27-29-16-26-24-23(25(29)31)18-5-3-4-6-21(18)35-24/h7-8,13-14,16H,2-6,9-12,15H2,1H3/b27-14-. The van der Waals surface area contributed by atoms with Gasteiger partial charge in [-0.2, -0.15) is 9.78 Å². The van der Waals surface area contributed by atoms with Crippen molar-refractivity contribution in [2.24, 2.45) is 5.10 Å². The summed E-state index contributed by atoms with van der Waals surface area (Å²) in [5.41, 5.74) is 1.74. The lowest BCUT2D eigenvalue weighted by Gasteiger charge is -2.26. The predicted molar refractivity (Wildman–Crippen MR) is 134 cm³/mol. The van der Waals surface area contributed by atoms with Crippen LogP contribution in [0.1, 0.15) is 35.8 Å². The van der Waals surface area contributed by atoms with Gasteiger partial charge in [-0.15, -0.1) is 11.3 Å². The van der Waals surface area contributed by atoms with E-state index in [0.717, 1.165) is 41.6 Å². The molecule has 35 heavy (non-hydrogen) atoms. The zero-order valence-electron chi connectivity index (χ0n) is 19.7. The topological polar surface area (TPSA) is 95.2 Å². The molecule has 10 heteroatoms. The van der Waals surface area contributed by atoms with E-state index in [0.29, 0.717) is 49.8 Å². The molecule has 2 aliphatic rings. The van der Waals surface area contributed by atoms with E-state index in [9.17, 15) is 9.59 Å². The number of hydrogen-bond acceptors (Lipinski definition) is 8. The number of fused-ring (bicyclic) bond motifs is 3. The Labute approximate surface area is 206 Å². The van der Waals surface area contributed by atoms with Gasteiger partial charge in [0.2, 0.25) is 0 Å². The first-order valence-electron chi connectivity index (χ1n) is 12.0. The molecule has 1 aliphatic carbocycles. The van der Waals surface area contributed by atoms with Gasteiger partial charge in [0, 0.05) is 18.0 Å². The van der Waals surface area contributed by atoms with E-state index < -0.39 is 0 Å². The van der Waals surface area contributed by atoms with E-state index in [4.69, 9.17) is 14.2 Å². The van der Waals surface area contributed by atoms with Crippen molar-refractivity contribution in [3.8, 4) is 11.5 Å². The van der Waals surface area contributed by atoms with Crippen molar-refractivity contribution in [2.45, 2.75) is 32.6 Å². The minimum Gasteiger partial charge on any atom is -0.490 e. The molecule has 0 atom stereocenters. The lowest BCUT2D eigenvalue weighted by Crippen LogP contribution is -2.43. The second-order valence-electron chi connectivity index (χ2n) is 8.45. The lowest BCUT2D eigenvalue weighted by molar-refractivity contribution is -0.137. The van der Waals surface area contributed by atoms with Gasteiger partial charge in [-0.05, 0) is 61.9 Å². The first-order chi connectivity index (χ1) is 17.1. The second-order valence-corrected chi connectivity index (χ2v) is 9.53. The molecule has 2 aromatic heterocycles. The van der Waals surface area contributed by atoms with E-state index in [-0.39, 0.29) is 18.1 Å². The molecule has 3 heterocycles. The summed E-state index contributed by atoms with van der Waals surface area (Å²) < 4.78 is 18.1. The normalized spacial score (nSPS) is 16.0. The van der Waals surface area contributed by atoms with Crippen LogP contribution in [0.4, 0.5) is 0 Å². The molecule has 9 nitrogen and oxygen atoms in total. The Hall–Kier alpha value is -3.24. The third-order valence-corrected chi connectivity index (χ3v) is 7.37. The first-order valence-corrected chi connectivity index (χ1v) is 12.8. The fraction of sp³-hybridized carbons (Fsp3) is 0.440. The maximum Gasteiger partial charge on any atom is 0.282 e. The molecular weight excluding hydrogens is 468 g/mol. The average Bonchev–Trinajstić information content (AvgIpc) is 3.28. The number of hydrogen-bond donors (Lipinski definition) is 0. The number of aromatic nitrogens is 2. The number of carbonyl (C=O) groups is 1. The summed E-state index contributed by atoms with van der Waals surface area (Å²) in [6.45, 7) is 4.49. The zero-order valence-corrected chi connectivity index (χ0v) is 20.5. The van der Waals surface area contributed by atoms with Crippen molar-refractivity contribution >= 4 is 33.7 Å². The van der Waals surface area contributed by atoms with Crippen LogP contribution in [0, 0.1) is 0 Å². The van der Waals surface area contributed by atoms with Gasteiger partial charge in [0.1, 0.15) is 11.2 Å². The van der Waals surface area contributed by atoms with Crippen molar-refractivity contribution in [1.29, 1.82) is 0 Å². The molecule has 0 spiro atoms. The number of amides is 1. The quantitative estimate of drug-likeness (QED) is 0.467. The van der Waals surface area contributed by atoms with Gasteiger partial charge in [-0.3, -0.25) is 9.59 Å². The SMILES string of the molecule is CCOc1cc(/C=N\n2cnc3sc4c(c3c2=O)CCCC4)ccc1OCC(=O)N1CCOCC1. The fourth-order valence-corrected chi connectivity index (χ4v) is 5.60. The van der Waals surface area contributed by atoms with Crippen LogP contribution in [0.3, 0.4) is 0 Å². The molecule has 184 valence electrons. The summed E-state index contributed by atoms with van der Waals surface area (Å²) in [6.07, 6.45) is 7.28. The van der Waals surface area contributed by atoms with Crippen LogP contribution in [0.5, 0.6) is 11.5 Å². The highest BCUT2D eigenvalue weighted by molar-refractivity contribution is 7.18. The largest absolute Gasteiger partial charge is 0.490 e. The van der Waals surface area contributed by atoms with Crippen molar-refractivity contribution in [2.75, 3.05) is 39.5 Å². The van der Waals surface area contributed by atoms with Gasteiger partial charge in [-0.25, -0.2) is 4.98 Å². The van der Waals surface area contributed by atoms with E-state index in [1.54, 1.807) is 34.6 Å². The molecule has 1 aliphatic heterocycles. The number of ether oxygens (including phenoxy) is 3. The number of rotatable bonds is 7. The number of morpholine rings is 1. The smallest absolute Gasteiger partial charge is 0.282 e. The minimum atomic E-state index is -0.141. The fourth-order valence-electron chi connectivity index (χ4n) is 4.38. The maximum atomic E-state index is 13.1. The number of aryl methyl sites for hydroxylation is 2. The Morgan fingerprint density at radius 2 is 2.03 bits per heavy atom. The molecule has 0 N–H and O–H groups in total. The van der Waals surface area contributed by atoms with E-state index in [1.165, 1.54) is 15.9 Å². The van der Waals surface area contributed by atoms with Crippen LogP contribution in [0.15, 0.2) is 34.4 Å². The molecular formula is C25H28N4O5S. The van der Waals surface area contributed by atoms with E-state index in [1.807, 2.05) is 13.0 Å². The Bertz CT molecular complexity index is 1310. The molecule has 5 rings (SSSR count). The summed E-state index contributed by atoms with van der Waals surface area (Å²) in [6, 6.07) is 5.34. The van der Waals surface area contributed by atoms with Crippen molar-refractivity contribution < 1.29 is 19.0 Å². The van der Waals surface area contributed by atoms with Crippen LogP contribution < -0.4 is 15.0 Å². The van der Waals surface area contributed by atoms with Gasteiger partial charge in [0.15, 0.2) is 18.1 Å². The third kappa shape index (κ3) is 5.08. The molecule has 3 aromatic rings. The van der Waals surface area contributed by atoms with Crippen LogP contribution in [-0.2, 0) is 22.4 Å². The van der Waals surface area contributed by atoms with Gasteiger partial charge >= 0.3 is 0 Å². The monoisotopic (exact) mass is 496 g/mol. The van der Waals surface area contributed by atoms with Crippen LogP contribution in [0.2, 0.25) is 0 Å². The number of carbonyl (C=O) groups excluding carboxylic acids is 1. The molecule has 1 aromatic carbocycles. The minimum absolute atomic E-state index is 0.0699. The summed E-state index contributed by atoms with van der Waals surface area (Å²) in [5, 5.41) is 5.08. The molecule has 0 bridgehead atoms. The molecule has 0 saturated carbocycles. The van der Waals surface area contributed by atoms with Gasteiger partial charge < -0.3 is 19.1 Å². The summed E-state index contributed by atoms with van der Waals surface area (Å²) in [4.78, 5) is 33.8. The number of nitrogens with zero attached hydrogens (tertiary/aromatic N) is 4. The van der Waals surface area contributed by atoms with Crippen LogP contribution in [-0.4, -0.2) is 66.2 Å². The molecule has 0 radical (unpaired) electrons. The van der Waals surface area contributed by atoms with Crippen molar-refractivity contribution in [1.82, 2.24) is 14.6 Å². The third-order valence-electron chi connectivity index (χ3n) is 6.17. The van der Waals surface area contributed by atoms with E-state index >= 15 is 0 Å². The summed E-state index contributed by atoms with van der Waals surface area (Å²) in [7, 11) is 0. The first kappa shape index (κ1) is 23.5. The Morgan fingerprint density at radius 3 is 2.86 bits per heavy atom. The average molecular weight is 497 g/mol. The summed E-state index contributed by atoms with van der Waals surface area (Å²) in [5.74, 6) is 0.911. The number of benzene rings is 1. The zero-order chi connectivity index (χ0) is 24.2. The second kappa shape index (κ2) is 10.6. The van der Waals surface area contributed by atoms with Gasteiger partial charge in [-0.1, -0.05) is 0 Å².